The number of likely N-dealkylation sites (N-methyl/N-ethyl adjacent to an activating group) is 1. The first-order chi connectivity index (χ1) is 9.56. The number of nitrogens with zero attached hydrogens (tertiary/aromatic N) is 1. The summed E-state index contributed by atoms with van der Waals surface area (Å²) in [7, 11) is 1.95. The number of carbonyl (C=O) groups is 1. The number of nitrogens with one attached hydrogen (secondary N) is 1. The van der Waals surface area contributed by atoms with Crippen molar-refractivity contribution in [2.45, 2.75) is 38.1 Å². The van der Waals surface area contributed by atoms with Gasteiger partial charge in [-0.1, -0.05) is 30.9 Å². The Labute approximate surface area is 124 Å². The fourth-order valence-corrected chi connectivity index (χ4v) is 2.82. The summed E-state index contributed by atoms with van der Waals surface area (Å²) < 4.78 is 13.6. The molecular formula is C15H20ClFN2O. The molecule has 0 saturated heterocycles. The van der Waals surface area contributed by atoms with E-state index in [1.54, 1.807) is 6.07 Å². The van der Waals surface area contributed by atoms with E-state index >= 15 is 0 Å². The van der Waals surface area contributed by atoms with Crippen molar-refractivity contribution in [3.8, 4) is 0 Å². The number of hydrogen-bond acceptors (Lipinski definition) is 2. The molecule has 110 valence electrons. The third-order valence-electron chi connectivity index (χ3n) is 3.80. The van der Waals surface area contributed by atoms with E-state index in [0.717, 1.165) is 12.8 Å². The van der Waals surface area contributed by atoms with E-state index in [0.29, 0.717) is 11.1 Å². The minimum Gasteiger partial charge on any atom is -0.322 e. The molecule has 1 aromatic rings. The monoisotopic (exact) mass is 298 g/mol. The molecule has 0 radical (unpaired) electrons. The molecule has 1 amide bonds. The topological polar surface area (TPSA) is 32.3 Å². The van der Waals surface area contributed by atoms with Gasteiger partial charge in [0.25, 0.3) is 0 Å². The highest BCUT2D eigenvalue weighted by atomic mass is 35.5. The molecule has 20 heavy (non-hydrogen) atoms. The van der Waals surface area contributed by atoms with Crippen LogP contribution in [0.5, 0.6) is 0 Å². The number of anilines is 1. The largest absolute Gasteiger partial charge is 0.322 e. The Morgan fingerprint density at radius 1 is 1.40 bits per heavy atom. The Balaban J connectivity index is 1.88. The van der Waals surface area contributed by atoms with Crippen LogP contribution in [0.3, 0.4) is 0 Å². The van der Waals surface area contributed by atoms with Crippen LogP contribution in [0.4, 0.5) is 10.1 Å². The Kier molecular flexibility index (Phi) is 5.38. The van der Waals surface area contributed by atoms with Crippen LogP contribution in [0.1, 0.15) is 32.1 Å². The predicted molar refractivity (Wildman–Crippen MR) is 79.5 cm³/mol. The lowest BCUT2D eigenvalue weighted by molar-refractivity contribution is -0.117. The smallest absolute Gasteiger partial charge is 0.238 e. The minimum atomic E-state index is -0.508. The van der Waals surface area contributed by atoms with Crippen molar-refractivity contribution >= 4 is 23.2 Å². The van der Waals surface area contributed by atoms with Gasteiger partial charge >= 0.3 is 0 Å². The summed E-state index contributed by atoms with van der Waals surface area (Å²) in [4.78, 5) is 14.0. The second kappa shape index (κ2) is 7.04. The van der Waals surface area contributed by atoms with Crippen LogP contribution < -0.4 is 5.32 Å². The van der Waals surface area contributed by atoms with Crippen molar-refractivity contribution in [2.24, 2.45) is 0 Å². The van der Waals surface area contributed by atoms with Crippen molar-refractivity contribution in [2.75, 3.05) is 18.9 Å². The van der Waals surface area contributed by atoms with Gasteiger partial charge in [0.15, 0.2) is 0 Å². The van der Waals surface area contributed by atoms with Crippen molar-refractivity contribution < 1.29 is 9.18 Å². The molecule has 0 spiro atoms. The Morgan fingerprint density at radius 3 is 2.75 bits per heavy atom. The van der Waals surface area contributed by atoms with E-state index in [1.165, 1.54) is 31.4 Å². The summed E-state index contributed by atoms with van der Waals surface area (Å²) in [6.45, 7) is 0.284. The van der Waals surface area contributed by atoms with Crippen LogP contribution >= 0.6 is 11.6 Å². The number of carbonyl (C=O) groups excluding carboxylic acids is 1. The highest BCUT2D eigenvalue weighted by Gasteiger charge is 2.20. The van der Waals surface area contributed by atoms with Crippen LogP contribution in [0.25, 0.3) is 0 Å². The Hall–Kier alpha value is -1.13. The van der Waals surface area contributed by atoms with Crippen molar-refractivity contribution in [1.29, 1.82) is 0 Å². The number of hydrogen-bond donors (Lipinski definition) is 1. The first kappa shape index (κ1) is 15.3. The van der Waals surface area contributed by atoms with Crippen molar-refractivity contribution in [3.63, 3.8) is 0 Å². The van der Waals surface area contributed by atoms with Gasteiger partial charge in [0.1, 0.15) is 5.82 Å². The molecule has 1 aromatic carbocycles. The molecule has 0 atom stereocenters. The molecule has 1 fully saturated rings. The van der Waals surface area contributed by atoms with Gasteiger partial charge in [-0.3, -0.25) is 9.69 Å². The molecule has 0 aliphatic heterocycles. The quantitative estimate of drug-likeness (QED) is 0.919. The van der Waals surface area contributed by atoms with Crippen molar-refractivity contribution in [3.05, 3.63) is 29.0 Å². The lowest BCUT2D eigenvalue weighted by Crippen LogP contribution is -2.39. The SMILES string of the molecule is CN(CC(=O)Nc1ccc(Cl)cc1F)C1CCCCC1. The van der Waals surface area contributed by atoms with Gasteiger partial charge in [-0.05, 0) is 38.1 Å². The highest BCUT2D eigenvalue weighted by molar-refractivity contribution is 6.30. The van der Waals surface area contributed by atoms with Crippen LogP contribution in [0, 0.1) is 5.82 Å². The maximum atomic E-state index is 13.6. The molecule has 1 saturated carbocycles. The van der Waals surface area contributed by atoms with Crippen LogP contribution in [0.2, 0.25) is 5.02 Å². The van der Waals surface area contributed by atoms with Gasteiger partial charge in [0.2, 0.25) is 5.91 Å². The van der Waals surface area contributed by atoms with Crippen LogP contribution in [0.15, 0.2) is 18.2 Å². The lowest BCUT2D eigenvalue weighted by Gasteiger charge is -2.30. The number of benzene rings is 1. The zero-order chi connectivity index (χ0) is 14.5. The average molecular weight is 299 g/mol. The van der Waals surface area contributed by atoms with E-state index in [1.807, 2.05) is 7.05 Å². The first-order valence-electron chi connectivity index (χ1n) is 7.01. The van der Waals surface area contributed by atoms with Crippen LogP contribution in [-0.2, 0) is 4.79 Å². The van der Waals surface area contributed by atoms with E-state index in [2.05, 4.69) is 10.2 Å². The molecule has 1 aliphatic carbocycles. The van der Waals surface area contributed by atoms with E-state index in [4.69, 9.17) is 11.6 Å². The molecule has 1 aliphatic rings. The maximum absolute atomic E-state index is 13.6. The zero-order valence-electron chi connectivity index (χ0n) is 11.7. The predicted octanol–water partition coefficient (Wildman–Crippen LogP) is 3.68. The van der Waals surface area contributed by atoms with Gasteiger partial charge in [0, 0.05) is 11.1 Å². The summed E-state index contributed by atoms with van der Waals surface area (Å²) in [6, 6.07) is 4.70. The van der Waals surface area contributed by atoms with Crippen LogP contribution in [-0.4, -0.2) is 30.4 Å². The third-order valence-corrected chi connectivity index (χ3v) is 4.03. The number of rotatable bonds is 4. The van der Waals surface area contributed by atoms with Gasteiger partial charge in [-0.15, -0.1) is 0 Å². The molecule has 3 nitrogen and oxygen atoms in total. The molecule has 0 heterocycles. The lowest BCUT2D eigenvalue weighted by atomic mass is 9.94. The summed E-state index contributed by atoms with van der Waals surface area (Å²) in [5.41, 5.74) is 0.177. The van der Waals surface area contributed by atoms with E-state index in [9.17, 15) is 9.18 Å². The average Bonchev–Trinajstić information content (AvgIpc) is 2.43. The molecule has 1 N–H and O–H groups in total. The molecule has 2 rings (SSSR count). The molecule has 0 unspecified atom stereocenters. The van der Waals surface area contributed by atoms with E-state index in [-0.39, 0.29) is 18.1 Å². The standard InChI is InChI=1S/C15H20ClFN2O/c1-19(12-5-3-2-4-6-12)10-15(20)18-14-8-7-11(16)9-13(14)17/h7-9,12H,2-6,10H2,1H3,(H,18,20). The fourth-order valence-electron chi connectivity index (χ4n) is 2.66. The Morgan fingerprint density at radius 2 is 2.10 bits per heavy atom. The van der Waals surface area contributed by atoms with Gasteiger partial charge in [-0.25, -0.2) is 4.39 Å². The van der Waals surface area contributed by atoms with Gasteiger partial charge in [0.05, 0.1) is 12.2 Å². The molecule has 5 heteroatoms. The Bertz CT molecular complexity index is 475. The molecule has 0 aromatic heterocycles. The molecular weight excluding hydrogens is 279 g/mol. The third kappa shape index (κ3) is 4.18. The van der Waals surface area contributed by atoms with Crippen molar-refractivity contribution in [1.82, 2.24) is 4.90 Å². The minimum absolute atomic E-state index is 0.177. The number of amides is 1. The van der Waals surface area contributed by atoms with Gasteiger partial charge < -0.3 is 5.32 Å². The van der Waals surface area contributed by atoms with Gasteiger partial charge in [-0.2, -0.15) is 0 Å². The fraction of sp³-hybridized carbons (Fsp3) is 0.533. The first-order valence-corrected chi connectivity index (χ1v) is 7.39. The zero-order valence-corrected chi connectivity index (χ0v) is 12.4. The summed E-state index contributed by atoms with van der Waals surface area (Å²) in [6.07, 6.45) is 6.01. The normalized spacial score (nSPS) is 16.4. The second-order valence-electron chi connectivity index (χ2n) is 5.38. The highest BCUT2D eigenvalue weighted by Crippen LogP contribution is 2.22. The second-order valence-corrected chi connectivity index (χ2v) is 5.82. The summed E-state index contributed by atoms with van der Waals surface area (Å²) in [5.74, 6) is -0.703. The number of halogens is 2. The maximum Gasteiger partial charge on any atom is 0.238 e. The van der Waals surface area contributed by atoms with E-state index < -0.39 is 5.82 Å². The summed E-state index contributed by atoms with van der Waals surface area (Å²) in [5, 5.41) is 2.91. The summed E-state index contributed by atoms with van der Waals surface area (Å²) >= 11 is 5.68. The molecule has 0 bridgehead atoms.